The predicted molar refractivity (Wildman–Crippen MR) is 72.7 cm³/mol. The highest BCUT2D eigenvalue weighted by molar-refractivity contribution is 7.84. The van der Waals surface area contributed by atoms with E-state index < -0.39 is 16.8 Å². The normalized spacial score (nSPS) is 14.0. The summed E-state index contributed by atoms with van der Waals surface area (Å²) in [4.78, 5) is 15.3. The van der Waals surface area contributed by atoms with Gasteiger partial charge < -0.3 is 10.4 Å². The van der Waals surface area contributed by atoms with Crippen molar-refractivity contribution in [3.63, 3.8) is 0 Å². The number of aromatic nitrogens is 1. The van der Waals surface area contributed by atoms with E-state index >= 15 is 0 Å². The van der Waals surface area contributed by atoms with Gasteiger partial charge in [0.15, 0.2) is 0 Å². The highest BCUT2D eigenvalue weighted by Gasteiger charge is 2.16. The summed E-state index contributed by atoms with van der Waals surface area (Å²) >= 11 is 0. The molecule has 18 heavy (non-hydrogen) atoms. The van der Waals surface area contributed by atoms with E-state index in [-0.39, 0.29) is 10.8 Å². The van der Waals surface area contributed by atoms with E-state index in [1.807, 2.05) is 13.8 Å². The molecule has 0 spiro atoms. The van der Waals surface area contributed by atoms with Crippen LogP contribution in [0, 0.1) is 13.8 Å². The molecule has 100 valence electrons. The molecule has 1 aromatic rings. The van der Waals surface area contributed by atoms with E-state index in [1.54, 1.807) is 19.2 Å². The Morgan fingerprint density at radius 2 is 2.17 bits per heavy atom. The van der Waals surface area contributed by atoms with Crippen molar-refractivity contribution in [1.29, 1.82) is 0 Å². The highest BCUT2D eigenvalue weighted by atomic mass is 32.2. The number of carboxylic acids is 1. The zero-order valence-corrected chi connectivity index (χ0v) is 11.8. The van der Waals surface area contributed by atoms with Crippen LogP contribution in [0.1, 0.15) is 28.7 Å². The minimum absolute atomic E-state index is 0.0413. The van der Waals surface area contributed by atoms with Crippen molar-refractivity contribution in [2.75, 3.05) is 18.1 Å². The standard InChI is InChI=1S/C12H18N2O3S/c1-7-5-10(13-6-8(2)18(4)17)11(12(15)16)9(3)14-7/h5,8H,6H2,1-4H3,(H,13,14)(H,15,16). The van der Waals surface area contributed by atoms with Crippen molar-refractivity contribution < 1.29 is 14.1 Å². The monoisotopic (exact) mass is 270 g/mol. The van der Waals surface area contributed by atoms with Crippen molar-refractivity contribution in [1.82, 2.24) is 4.98 Å². The maximum atomic E-state index is 11.3. The number of anilines is 1. The molecule has 1 aromatic heterocycles. The fourth-order valence-corrected chi connectivity index (χ4v) is 1.93. The van der Waals surface area contributed by atoms with Crippen LogP contribution in [0.2, 0.25) is 0 Å². The van der Waals surface area contributed by atoms with Gasteiger partial charge in [-0.1, -0.05) is 0 Å². The second-order valence-electron chi connectivity index (χ2n) is 4.27. The van der Waals surface area contributed by atoms with Crippen LogP contribution in [-0.4, -0.2) is 38.3 Å². The van der Waals surface area contributed by atoms with Gasteiger partial charge in [0.05, 0.1) is 11.4 Å². The van der Waals surface area contributed by atoms with Crippen molar-refractivity contribution in [2.45, 2.75) is 26.0 Å². The Morgan fingerprint density at radius 1 is 1.56 bits per heavy atom. The summed E-state index contributed by atoms with van der Waals surface area (Å²) in [5, 5.41) is 12.2. The molecule has 2 N–H and O–H groups in total. The molecule has 0 aliphatic carbocycles. The molecule has 1 heterocycles. The molecular weight excluding hydrogens is 252 g/mol. The lowest BCUT2D eigenvalue weighted by Crippen LogP contribution is -2.22. The number of nitrogens with zero attached hydrogens (tertiary/aromatic N) is 1. The summed E-state index contributed by atoms with van der Waals surface area (Å²) in [5.41, 5.74) is 1.94. The molecule has 1 rings (SSSR count). The molecule has 0 bridgehead atoms. The summed E-state index contributed by atoms with van der Waals surface area (Å²) < 4.78 is 11.3. The number of nitrogens with one attached hydrogen (secondary N) is 1. The first-order chi connectivity index (χ1) is 8.32. The molecule has 0 saturated heterocycles. The van der Waals surface area contributed by atoms with Crippen LogP contribution in [-0.2, 0) is 10.8 Å². The summed E-state index contributed by atoms with van der Waals surface area (Å²) in [5.74, 6) is -1.01. The molecule has 2 unspecified atom stereocenters. The lowest BCUT2D eigenvalue weighted by molar-refractivity contribution is 0.0696. The Hall–Kier alpha value is -1.43. The minimum Gasteiger partial charge on any atom is -0.478 e. The van der Waals surface area contributed by atoms with E-state index in [0.29, 0.717) is 17.9 Å². The Bertz CT molecular complexity index is 488. The Labute approximate surface area is 109 Å². The first-order valence-corrected chi connectivity index (χ1v) is 7.22. The number of hydrogen-bond donors (Lipinski definition) is 2. The quantitative estimate of drug-likeness (QED) is 0.849. The van der Waals surface area contributed by atoms with Crippen molar-refractivity contribution in [2.24, 2.45) is 0 Å². The van der Waals surface area contributed by atoms with Crippen LogP contribution in [0.4, 0.5) is 5.69 Å². The number of pyridine rings is 1. The molecule has 0 fully saturated rings. The summed E-state index contributed by atoms with van der Waals surface area (Å²) in [6.07, 6.45) is 1.63. The van der Waals surface area contributed by atoms with Crippen LogP contribution in [0.5, 0.6) is 0 Å². The van der Waals surface area contributed by atoms with Gasteiger partial charge in [0.1, 0.15) is 5.56 Å². The molecular formula is C12H18N2O3S. The van der Waals surface area contributed by atoms with E-state index in [1.165, 1.54) is 0 Å². The number of hydrogen-bond acceptors (Lipinski definition) is 4. The molecule has 0 amide bonds. The third kappa shape index (κ3) is 3.53. The molecule has 2 atom stereocenters. The summed E-state index contributed by atoms with van der Waals surface area (Å²) in [6.45, 7) is 5.80. The van der Waals surface area contributed by atoms with Gasteiger partial charge >= 0.3 is 5.97 Å². The van der Waals surface area contributed by atoms with Gasteiger partial charge in [-0.3, -0.25) is 9.19 Å². The number of aromatic carboxylic acids is 1. The van der Waals surface area contributed by atoms with E-state index in [4.69, 9.17) is 0 Å². The second kappa shape index (κ2) is 5.95. The molecule has 0 aromatic carbocycles. The van der Waals surface area contributed by atoms with Crippen molar-refractivity contribution in [3.8, 4) is 0 Å². The number of rotatable bonds is 5. The number of carboxylic acid groups (broad SMARTS) is 1. The SMILES string of the molecule is Cc1cc(NCC(C)S(C)=O)c(C(=O)O)c(C)n1. The third-order valence-corrected chi connectivity index (χ3v) is 3.99. The van der Waals surface area contributed by atoms with Gasteiger partial charge in [-0.2, -0.15) is 0 Å². The maximum Gasteiger partial charge on any atom is 0.339 e. The van der Waals surface area contributed by atoms with Crippen LogP contribution in [0.15, 0.2) is 6.07 Å². The molecule has 0 radical (unpaired) electrons. The van der Waals surface area contributed by atoms with Crippen LogP contribution in [0.3, 0.4) is 0 Å². The lowest BCUT2D eigenvalue weighted by Gasteiger charge is -2.15. The fraction of sp³-hybridized carbons (Fsp3) is 0.500. The average Bonchev–Trinajstić information content (AvgIpc) is 2.23. The zero-order valence-electron chi connectivity index (χ0n) is 11.0. The van der Waals surface area contributed by atoms with Gasteiger partial charge in [-0.15, -0.1) is 0 Å². The van der Waals surface area contributed by atoms with Gasteiger partial charge in [0.2, 0.25) is 0 Å². The first-order valence-electron chi connectivity index (χ1n) is 5.60. The van der Waals surface area contributed by atoms with Crippen molar-refractivity contribution >= 4 is 22.5 Å². The Balaban J connectivity index is 3.00. The van der Waals surface area contributed by atoms with Crippen molar-refractivity contribution in [3.05, 3.63) is 23.0 Å². The fourth-order valence-electron chi connectivity index (χ4n) is 1.61. The topological polar surface area (TPSA) is 79.3 Å². The predicted octanol–water partition coefficient (Wildman–Crippen LogP) is 1.58. The molecule has 0 aliphatic heterocycles. The van der Waals surface area contributed by atoms with E-state index in [2.05, 4.69) is 10.3 Å². The smallest absolute Gasteiger partial charge is 0.339 e. The molecule has 0 saturated carbocycles. The molecule has 5 nitrogen and oxygen atoms in total. The second-order valence-corrected chi connectivity index (χ2v) is 6.07. The highest BCUT2D eigenvalue weighted by Crippen LogP contribution is 2.19. The maximum absolute atomic E-state index is 11.3. The van der Waals surface area contributed by atoms with Gasteiger partial charge in [-0.05, 0) is 26.8 Å². The summed E-state index contributed by atoms with van der Waals surface area (Å²) in [6, 6.07) is 1.70. The first kappa shape index (κ1) is 14.6. The van der Waals surface area contributed by atoms with Crippen LogP contribution in [0.25, 0.3) is 0 Å². The van der Waals surface area contributed by atoms with E-state index in [9.17, 15) is 14.1 Å². The number of aryl methyl sites for hydroxylation is 2. The van der Waals surface area contributed by atoms with Crippen LogP contribution < -0.4 is 5.32 Å². The third-order valence-electron chi connectivity index (χ3n) is 2.69. The van der Waals surface area contributed by atoms with E-state index in [0.717, 1.165) is 5.69 Å². The van der Waals surface area contributed by atoms with Gasteiger partial charge in [-0.25, -0.2) is 4.79 Å². The average molecular weight is 270 g/mol. The Kier molecular flexibility index (Phi) is 4.84. The molecule has 0 aliphatic rings. The number of carbonyl (C=O) groups is 1. The minimum atomic E-state index is -1.01. The lowest BCUT2D eigenvalue weighted by atomic mass is 10.1. The van der Waals surface area contributed by atoms with Gasteiger partial charge in [0.25, 0.3) is 0 Å². The van der Waals surface area contributed by atoms with Crippen LogP contribution >= 0.6 is 0 Å². The summed E-state index contributed by atoms with van der Waals surface area (Å²) in [7, 11) is -0.938. The Morgan fingerprint density at radius 3 is 2.67 bits per heavy atom. The zero-order chi connectivity index (χ0) is 13.9. The van der Waals surface area contributed by atoms with Gasteiger partial charge in [0, 0.05) is 34.5 Å². The largest absolute Gasteiger partial charge is 0.478 e. The molecule has 6 heteroatoms.